The largest absolute Gasteiger partial charge is 0.497 e. The third kappa shape index (κ3) is 7.44. The molecule has 0 fully saturated rings. The highest BCUT2D eigenvalue weighted by atomic mass is 19.4. The fourth-order valence-electron chi connectivity index (χ4n) is 3.85. The highest BCUT2D eigenvalue weighted by Crippen LogP contribution is 2.30. The molecule has 0 saturated heterocycles. The first-order valence-corrected chi connectivity index (χ1v) is 11.6. The topological polar surface area (TPSA) is 67.6 Å². The van der Waals surface area contributed by atoms with Crippen molar-refractivity contribution in [3.05, 3.63) is 119 Å². The van der Waals surface area contributed by atoms with Crippen molar-refractivity contribution in [2.24, 2.45) is 0 Å². The highest BCUT2D eigenvalue weighted by molar-refractivity contribution is 5.91. The van der Waals surface area contributed by atoms with Crippen LogP contribution in [0.4, 0.5) is 13.2 Å². The summed E-state index contributed by atoms with van der Waals surface area (Å²) in [7, 11) is 1.57. The summed E-state index contributed by atoms with van der Waals surface area (Å²) in [6, 6.07) is 22.1. The summed E-state index contributed by atoms with van der Waals surface area (Å²) in [5.74, 6) is 0.570. The van der Waals surface area contributed by atoms with Crippen LogP contribution in [0.5, 0.6) is 5.75 Å². The van der Waals surface area contributed by atoms with Crippen LogP contribution in [0.15, 0.2) is 89.5 Å². The zero-order valence-corrected chi connectivity index (χ0v) is 20.2. The molecule has 0 bridgehead atoms. The van der Waals surface area contributed by atoms with E-state index in [-0.39, 0.29) is 30.6 Å². The molecule has 1 heterocycles. The molecule has 1 amide bonds. The Morgan fingerprint density at radius 3 is 2.30 bits per heavy atom. The maximum atomic E-state index is 13.2. The molecule has 4 rings (SSSR count). The lowest BCUT2D eigenvalue weighted by Crippen LogP contribution is -2.24. The number of nitrogens with one attached hydrogen (secondary N) is 1. The van der Waals surface area contributed by atoms with Crippen LogP contribution in [0.1, 0.15) is 38.6 Å². The van der Waals surface area contributed by atoms with Gasteiger partial charge in [0.2, 0.25) is 5.89 Å². The third-order valence-corrected chi connectivity index (χ3v) is 5.64. The Hall–Kier alpha value is -4.11. The summed E-state index contributed by atoms with van der Waals surface area (Å²) in [5.41, 5.74) is 1.76. The monoisotopic (exact) mass is 509 g/mol. The van der Waals surface area contributed by atoms with E-state index in [0.29, 0.717) is 24.4 Å². The van der Waals surface area contributed by atoms with E-state index < -0.39 is 11.7 Å². The first kappa shape index (κ1) is 26.0. The van der Waals surface area contributed by atoms with Gasteiger partial charge in [-0.1, -0.05) is 60.7 Å². The van der Waals surface area contributed by atoms with Gasteiger partial charge in [-0.2, -0.15) is 13.2 Å². The van der Waals surface area contributed by atoms with Gasteiger partial charge in [0, 0.05) is 19.6 Å². The number of carbonyl (C=O) groups excluding carboxylic acids is 1. The molecule has 0 atom stereocenters. The summed E-state index contributed by atoms with van der Waals surface area (Å²) in [5, 5.41) is 2.80. The molecule has 37 heavy (non-hydrogen) atoms. The molecule has 0 radical (unpaired) electrons. The van der Waals surface area contributed by atoms with E-state index in [2.05, 4.69) is 10.3 Å². The first-order chi connectivity index (χ1) is 17.8. The number of benzene rings is 3. The Bertz CT molecular complexity index is 1320. The summed E-state index contributed by atoms with van der Waals surface area (Å²) in [6.45, 7) is 1.13. The van der Waals surface area contributed by atoms with Crippen LogP contribution >= 0.6 is 0 Å². The summed E-state index contributed by atoms with van der Waals surface area (Å²) >= 11 is 0. The fraction of sp³-hybridized carbons (Fsp3) is 0.214. The maximum absolute atomic E-state index is 13.2. The lowest BCUT2D eigenvalue weighted by atomic mass is 10.1. The normalized spacial score (nSPS) is 11.5. The van der Waals surface area contributed by atoms with Gasteiger partial charge in [-0.3, -0.25) is 9.69 Å². The zero-order chi connectivity index (χ0) is 26.3. The average molecular weight is 510 g/mol. The number of aromatic nitrogens is 1. The lowest BCUT2D eigenvalue weighted by molar-refractivity contribution is -0.137. The lowest BCUT2D eigenvalue weighted by Gasteiger charge is -2.22. The van der Waals surface area contributed by atoms with Crippen molar-refractivity contribution in [2.45, 2.75) is 32.4 Å². The first-order valence-electron chi connectivity index (χ1n) is 11.6. The van der Waals surface area contributed by atoms with Gasteiger partial charge in [0.1, 0.15) is 12.0 Å². The number of oxazole rings is 1. The molecular weight excluding hydrogens is 483 g/mol. The van der Waals surface area contributed by atoms with E-state index >= 15 is 0 Å². The number of ether oxygens (including phenoxy) is 1. The van der Waals surface area contributed by atoms with E-state index in [1.807, 2.05) is 59.5 Å². The standard InChI is InChI=1S/C28H26F3N3O3/c1-36-24-12-6-10-22(14-24)17-34(16-21-9-5-11-23(13-21)28(29,30)31)18-26-33-25(19-37-26)27(35)32-15-20-7-3-2-4-8-20/h2-14,19H,15-18H2,1H3,(H,32,35). The molecule has 6 nitrogen and oxygen atoms in total. The number of alkyl halides is 3. The van der Waals surface area contributed by atoms with Crippen LogP contribution in [0.3, 0.4) is 0 Å². The molecule has 4 aromatic rings. The number of methoxy groups -OCH3 is 1. The van der Waals surface area contributed by atoms with Crippen molar-refractivity contribution in [2.75, 3.05) is 7.11 Å². The van der Waals surface area contributed by atoms with E-state index in [9.17, 15) is 18.0 Å². The predicted octanol–water partition coefficient (Wildman–Crippen LogP) is 5.83. The summed E-state index contributed by atoms with van der Waals surface area (Å²) < 4.78 is 50.6. The molecule has 0 unspecified atom stereocenters. The van der Waals surface area contributed by atoms with E-state index in [4.69, 9.17) is 9.15 Å². The fourth-order valence-corrected chi connectivity index (χ4v) is 3.85. The SMILES string of the molecule is COc1cccc(CN(Cc2cccc(C(F)(F)F)c2)Cc2nc(C(=O)NCc3ccccc3)co2)c1. The number of hydrogen-bond donors (Lipinski definition) is 1. The van der Waals surface area contributed by atoms with E-state index in [0.717, 1.165) is 23.3 Å². The van der Waals surface area contributed by atoms with Crippen molar-refractivity contribution in [3.8, 4) is 5.75 Å². The van der Waals surface area contributed by atoms with Gasteiger partial charge in [-0.25, -0.2) is 4.98 Å². The van der Waals surface area contributed by atoms with Crippen LogP contribution < -0.4 is 10.1 Å². The van der Waals surface area contributed by atoms with Crippen LogP contribution in [0.25, 0.3) is 0 Å². The molecular formula is C28H26F3N3O3. The Balaban J connectivity index is 1.49. The molecule has 192 valence electrons. The molecule has 0 aliphatic heterocycles. The molecule has 3 aromatic carbocycles. The van der Waals surface area contributed by atoms with Gasteiger partial charge >= 0.3 is 6.18 Å². The zero-order valence-electron chi connectivity index (χ0n) is 20.2. The second-order valence-electron chi connectivity index (χ2n) is 8.49. The number of carbonyl (C=O) groups is 1. The third-order valence-electron chi connectivity index (χ3n) is 5.64. The minimum absolute atomic E-state index is 0.131. The average Bonchev–Trinajstić information content (AvgIpc) is 3.36. The van der Waals surface area contributed by atoms with E-state index in [1.165, 1.54) is 12.3 Å². The minimum atomic E-state index is -4.43. The van der Waals surface area contributed by atoms with Crippen LogP contribution in [0, 0.1) is 0 Å². The van der Waals surface area contributed by atoms with Crippen molar-refractivity contribution in [3.63, 3.8) is 0 Å². The number of halogens is 3. The summed E-state index contributed by atoms with van der Waals surface area (Å²) in [4.78, 5) is 18.7. The van der Waals surface area contributed by atoms with Crippen LogP contribution in [0.2, 0.25) is 0 Å². The quantitative estimate of drug-likeness (QED) is 0.291. The van der Waals surface area contributed by atoms with Crippen molar-refractivity contribution in [1.82, 2.24) is 15.2 Å². The Labute approximate surface area is 212 Å². The van der Waals surface area contributed by atoms with Gasteiger partial charge in [0.15, 0.2) is 5.69 Å². The number of hydrogen-bond acceptors (Lipinski definition) is 5. The van der Waals surface area contributed by atoms with Crippen molar-refractivity contribution < 1.29 is 27.1 Å². The molecule has 0 aliphatic carbocycles. The smallest absolute Gasteiger partial charge is 0.416 e. The number of rotatable bonds is 10. The van der Waals surface area contributed by atoms with Gasteiger partial charge < -0.3 is 14.5 Å². The molecule has 0 spiro atoms. The van der Waals surface area contributed by atoms with Gasteiger partial charge in [-0.05, 0) is 34.9 Å². The number of amides is 1. The van der Waals surface area contributed by atoms with E-state index in [1.54, 1.807) is 13.2 Å². The molecule has 0 saturated carbocycles. The molecule has 1 aromatic heterocycles. The molecule has 9 heteroatoms. The van der Waals surface area contributed by atoms with Gasteiger partial charge in [-0.15, -0.1) is 0 Å². The maximum Gasteiger partial charge on any atom is 0.416 e. The summed E-state index contributed by atoms with van der Waals surface area (Å²) in [6.07, 6.45) is -3.15. The molecule has 0 aliphatic rings. The Morgan fingerprint density at radius 2 is 1.59 bits per heavy atom. The van der Waals surface area contributed by atoms with Crippen LogP contribution in [-0.4, -0.2) is 22.9 Å². The van der Waals surface area contributed by atoms with Crippen molar-refractivity contribution >= 4 is 5.91 Å². The van der Waals surface area contributed by atoms with Crippen molar-refractivity contribution in [1.29, 1.82) is 0 Å². The van der Waals surface area contributed by atoms with Gasteiger partial charge in [0.05, 0.1) is 19.2 Å². The second kappa shape index (κ2) is 11.7. The molecule has 1 N–H and O–H groups in total. The van der Waals surface area contributed by atoms with Gasteiger partial charge in [0.25, 0.3) is 5.91 Å². The second-order valence-corrected chi connectivity index (χ2v) is 8.49. The minimum Gasteiger partial charge on any atom is -0.497 e. The van der Waals surface area contributed by atoms with Crippen LogP contribution in [-0.2, 0) is 32.4 Å². The predicted molar refractivity (Wildman–Crippen MR) is 132 cm³/mol. The Morgan fingerprint density at radius 1 is 0.919 bits per heavy atom. The highest BCUT2D eigenvalue weighted by Gasteiger charge is 2.30. The number of nitrogens with zero attached hydrogens (tertiary/aromatic N) is 2. The Kier molecular flexibility index (Phi) is 8.25.